The minimum absolute atomic E-state index is 0.152. The first-order valence-corrected chi connectivity index (χ1v) is 4.76. The number of hydrogen-bond acceptors (Lipinski definition) is 2. The van der Waals surface area contributed by atoms with Gasteiger partial charge in [-0.15, -0.1) is 0 Å². The van der Waals surface area contributed by atoms with E-state index in [0.29, 0.717) is 11.4 Å². The van der Waals surface area contributed by atoms with Crippen molar-refractivity contribution in [3.8, 4) is 5.75 Å². The van der Waals surface area contributed by atoms with E-state index in [1.807, 2.05) is 24.3 Å². The summed E-state index contributed by atoms with van der Waals surface area (Å²) < 4.78 is 5.16. The minimum Gasteiger partial charge on any atom is -0.496 e. The lowest BCUT2D eigenvalue weighted by Gasteiger charge is -2.04. The highest BCUT2D eigenvalue weighted by Crippen LogP contribution is 2.23. The van der Waals surface area contributed by atoms with Crippen LogP contribution in [0, 0.1) is 0 Å². The summed E-state index contributed by atoms with van der Waals surface area (Å²) in [6.45, 7) is 0.152. The van der Waals surface area contributed by atoms with Gasteiger partial charge in [0.1, 0.15) is 5.75 Å². The van der Waals surface area contributed by atoms with E-state index in [2.05, 4.69) is 0 Å². The number of aliphatic hydroxyl groups excluding tert-OH is 1. The van der Waals surface area contributed by atoms with Crippen molar-refractivity contribution in [3.63, 3.8) is 0 Å². The Morgan fingerprint density at radius 3 is 2.93 bits per heavy atom. The van der Waals surface area contributed by atoms with Gasteiger partial charge in [0.25, 0.3) is 0 Å². The van der Waals surface area contributed by atoms with Crippen LogP contribution in [0.25, 0.3) is 6.08 Å². The average Bonchev–Trinajstić information content (AvgIpc) is 2.19. The Bertz CT molecular complexity index is 321. The lowest BCUT2D eigenvalue weighted by Crippen LogP contribution is -1.86. The van der Waals surface area contributed by atoms with Crippen molar-refractivity contribution in [2.45, 2.75) is 6.42 Å². The molecule has 0 saturated carbocycles. The second-order valence-corrected chi connectivity index (χ2v) is 3.24. The summed E-state index contributed by atoms with van der Waals surface area (Å²) in [4.78, 5) is 0. The smallest absolute Gasteiger partial charge is 0.126 e. The number of halogens is 1. The average molecular weight is 213 g/mol. The van der Waals surface area contributed by atoms with Crippen LogP contribution in [0.1, 0.15) is 12.0 Å². The van der Waals surface area contributed by atoms with Crippen molar-refractivity contribution in [1.82, 2.24) is 0 Å². The monoisotopic (exact) mass is 212 g/mol. The van der Waals surface area contributed by atoms with Crippen LogP contribution in [0.5, 0.6) is 5.75 Å². The second kappa shape index (κ2) is 5.68. The van der Waals surface area contributed by atoms with E-state index in [1.165, 1.54) is 0 Å². The zero-order valence-corrected chi connectivity index (χ0v) is 8.79. The van der Waals surface area contributed by atoms with E-state index in [-0.39, 0.29) is 6.61 Å². The Labute approximate surface area is 88.8 Å². The largest absolute Gasteiger partial charge is 0.496 e. The van der Waals surface area contributed by atoms with E-state index < -0.39 is 0 Å². The van der Waals surface area contributed by atoms with E-state index in [0.717, 1.165) is 11.3 Å². The van der Waals surface area contributed by atoms with Crippen LogP contribution in [-0.2, 0) is 0 Å². The van der Waals surface area contributed by atoms with Crippen molar-refractivity contribution >= 4 is 17.7 Å². The van der Waals surface area contributed by atoms with Crippen LogP contribution in [0.4, 0.5) is 0 Å². The lowest BCUT2D eigenvalue weighted by atomic mass is 10.2. The molecule has 0 spiro atoms. The van der Waals surface area contributed by atoms with Gasteiger partial charge in [-0.3, -0.25) is 0 Å². The standard InChI is InChI=1S/C11H13ClO2/c1-14-11-6-5-10(12)8-9(11)4-2-3-7-13/h2,4-6,8,13H,3,7H2,1H3. The molecule has 1 aromatic carbocycles. The number of benzene rings is 1. The quantitative estimate of drug-likeness (QED) is 0.832. The minimum atomic E-state index is 0.152. The summed E-state index contributed by atoms with van der Waals surface area (Å²) in [5.74, 6) is 0.781. The molecule has 76 valence electrons. The van der Waals surface area contributed by atoms with E-state index in [9.17, 15) is 0 Å². The van der Waals surface area contributed by atoms with E-state index in [4.69, 9.17) is 21.4 Å². The third kappa shape index (κ3) is 3.05. The molecule has 0 aliphatic rings. The molecule has 1 rings (SSSR count). The predicted octanol–water partition coefficient (Wildman–Crippen LogP) is 2.74. The molecule has 0 amide bonds. The van der Waals surface area contributed by atoms with Crippen LogP contribution in [-0.4, -0.2) is 18.8 Å². The Morgan fingerprint density at radius 1 is 1.50 bits per heavy atom. The van der Waals surface area contributed by atoms with Crippen molar-refractivity contribution in [2.24, 2.45) is 0 Å². The molecule has 1 N–H and O–H groups in total. The summed E-state index contributed by atoms with van der Waals surface area (Å²) in [5, 5.41) is 9.29. The first-order chi connectivity index (χ1) is 6.77. The molecule has 0 unspecified atom stereocenters. The van der Waals surface area contributed by atoms with Gasteiger partial charge in [0.2, 0.25) is 0 Å². The summed E-state index contributed by atoms with van der Waals surface area (Å²) in [6, 6.07) is 5.43. The van der Waals surface area contributed by atoms with Crippen LogP contribution < -0.4 is 4.74 Å². The highest BCUT2D eigenvalue weighted by Gasteiger charge is 1.99. The Balaban J connectivity index is 2.87. The summed E-state index contributed by atoms with van der Waals surface area (Å²) >= 11 is 5.85. The molecule has 0 bridgehead atoms. The SMILES string of the molecule is COc1ccc(Cl)cc1C=CCCO. The fraction of sp³-hybridized carbons (Fsp3) is 0.273. The first-order valence-electron chi connectivity index (χ1n) is 4.39. The van der Waals surface area contributed by atoms with Gasteiger partial charge in [0, 0.05) is 17.2 Å². The maximum absolute atomic E-state index is 8.62. The van der Waals surface area contributed by atoms with Crippen molar-refractivity contribution in [2.75, 3.05) is 13.7 Å². The number of hydrogen-bond donors (Lipinski definition) is 1. The van der Waals surface area contributed by atoms with E-state index in [1.54, 1.807) is 13.2 Å². The molecule has 0 fully saturated rings. The molecule has 0 heterocycles. The molecule has 0 aliphatic carbocycles. The maximum Gasteiger partial charge on any atom is 0.126 e. The van der Waals surface area contributed by atoms with Gasteiger partial charge < -0.3 is 9.84 Å². The van der Waals surface area contributed by atoms with E-state index >= 15 is 0 Å². The summed E-state index contributed by atoms with van der Waals surface area (Å²) in [5.41, 5.74) is 0.924. The van der Waals surface area contributed by atoms with Crippen LogP contribution >= 0.6 is 11.6 Å². The van der Waals surface area contributed by atoms with Gasteiger partial charge in [-0.25, -0.2) is 0 Å². The Hall–Kier alpha value is -0.990. The highest BCUT2D eigenvalue weighted by molar-refractivity contribution is 6.30. The lowest BCUT2D eigenvalue weighted by molar-refractivity contribution is 0.303. The number of rotatable bonds is 4. The first kappa shape index (κ1) is 11.1. The molecule has 2 nitrogen and oxygen atoms in total. The normalized spacial score (nSPS) is 10.8. The molecule has 0 radical (unpaired) electrons. The molecule has 0 saturated heterocycles. The number of methoxy groups -OCH3 is 1. The molecule has 0 atom stereocenters. The zero-order chi connectivity index (χ0) is 10.4. The van der Waals surface area contributed by atoms with Gasteiger partial charge in [-0.05, 0) is 24.6 Å². The Kier molecular flexibility index (Phi) is 4.50. The van der Waals surface area contributed by atoms with Crippen molar-refractivity contribution in [3.05, 3.63) is 34.9 Å². The maximum atomic E-state index is 8.62. The molecule has 3 heteroatoms. The third-order valence-corrected chi connectivity index (χ3v) is 2.02. The molecule has 0 aromatic heterocycles. The van der Waals surface area contributed by atoms with Gasteiger partial charge in [0.05, 0.1) is 7.11 Å². The van der Waals surface area contributed by atoms with Gasteiger partial charge in [-0.2, -0.15) is 0 Å². The molecule has 1 aromatic rings. The highest BCUT2D eigenvalue weighted by atomic mass is 35.5. The molecular formula is C11H13ClO2. The van der Waals surface area contributed by atoms with Gasteiger partial charge in [-0.1, -0.05) is 23.8 Å². The fourth-order valence-corrected chi connectivity index (χ4v) is 1.30. The summed E-state index contributed by atoms with van der Waals surface area (Å²) in [7, 11) is 1.62. The van der Waals surface area contributed by atoms with Gasteiger partial charge in [0.15, 0.2) is 0 Å². The molecule has 14 heavy (non-hydrogen) atoms. The third-order valence-electron chi connectivity index (χ3n) is 1.78. The van der Waals surface area contributed by atoms with Crippen LogP contribution in [0.15, 0.2) is 24.3 Å². The number of ether oxygens (including phenoxy) is 1. The zero-order valence-electron chi connectivity index (χ0n) is 8.03. The molecular weight excluding hydrogens is 200 g/mol. The number of aliphatic hydroxyl groups is 1. The molecule has 0 aliphatic heterocycles. The van der Waals surface area contributed by atoms with Crippen molar-refractivity contribution < 1.29 is 9.84 Å². The van der Waals surface area contributed by atoms with Crippen LogP contribution in [0.2, 0.25) is 5.02 Å². The van der Waals surface area contributed by atoms with Crippen molar-refractivity contribution in [1.29, 1.82) is 0 Å². The fourth-order valence-electron chi connectivity index (χ4n) is 1.12. The summed E-state index contributed by atoms with van der Waals surface area (Å²) in [6.07, 6.45) is 4.41. The predicted molar refractivity (Wildman–Crippen MR) is 58.7 cm³/mol. The van der Waals surface area contributed by atoms with Crippen LogP contribution in [0.3, 0.4) is 0 Å². The Morgan fingerprint density at radius 2 is 2.29 bits per heavy atom. The van der Waals surface area contributed by atoms with Gasteiger partial charge >= 0.3 is 0 Å². The topological polar surface area (TPSA) is 29.5 Å². The second-order valence-electron chi connectivity index (χ2n) is 2.80.